The lowest BCUT2D eigenvalue weighted by Crippen LogP contribution is -2.37. The van der Waals surface area contributed by atoms with E-state index in [1.54, 1.807) is 12.1 Å². The number of anilines is 1. The van der Waals surface area contributed by atoms with E-state index in [0.29, 0.717) is 5.56 Å². The highest BCUT2D eigenvalue weighted by molar-refractivity contribution is 9.10. The number of nitrogens with zero attached hydrogens (tertiary/aromatic N) is 3. The van der Waals surface area contributed by atoms with Crippen molar-refractivity contribution in [3.05, 3.63) is 49.1 Å². The third kappa shape index (κ3) is 2.75. The summed E-state index contributed by atoms with van der Waals surface area (Å²) in [6.45, 7) is 0. The smallest absolute Gasteiger partial charge is 0.332 e. The molecule has 2 rings (SSSR count). The van der Waals surface area contributed by atoms with E-state index in [1.807, 2.05) is 0 Å². The fraction of sp³-hybridized carbons (Fsp3) is 0.154. The summed E-state index contributed by atoms with van der Waals surface area (Å²) in [4.78, 5) is 27.7. The average molecular weight is 353 g/mol. The van der Waals surface area contributed by atoms with Gasteiger partial charge in [0.05, 0.1) is 0 Å². The normalized spacial score (nSPS) is 11.2. The summed E-state index contributed by atoms with van der Waals surface area (Å²) in [7, 11) is 2.80. The van der Waals surface area contributed by atoms with Gasteiger partial charge in [0.25, 0.3) is 5.56 Å². The van der Waals surface area contributed by atoms with Crippen molar-refractivity contribution in [1.29, 1.82) is 0 Å². The maximum atomic E-state index is 12.0. The molecule has 2 aromatic rings. The van der Waals surface area contributed by atoms with Gasteiger partial charge in [-0.3, -0.25) is 13.9 Å². The molecule has 0 saturated heterocycles. The van der Waals surface area contributed by atoms with Crippen LogP contribution in [0.1, 0.15) is 5.56 Å². The molecule has 0 atom stereocenters. The van der Waals surface area contributed by atoms with E-state index < -0.39 is 11.2 Å². The van der Waals surface area contributed by atoms with Crippen LogP contribution in [0.15, 0.2) is 37.3 Å². The van der Waals surface area contributed by atoms with Gasteiger partial charge >= 0.3 is 5.69 Å². The van der Waals surface area contributed by atoms with Gasteiger partial charge < -0.3 is 10.8 Å². The number of phenols is 1. The number of benzene rings is 1. The Morgan fingerprint density at radius 1 is 1.29 bits per heavy atom. The van der Waals surface area contributed by atoms with Crippen molar-refractivity contribution in [3.63, 3.8) is 0 Å². The van der Waals surface area contributed by atoms with Crippen LogP contribution in [0.4, 0.5) is 11.5 Å². The van der Waals surface area contributed by atoms with E-state index in [-0.39, 0.29) is 17.3 Å². The molecule has 0 bridgehead atoms. The maximum Gasteiger partial charge on any atom is 0.332 e. The van der Waals surface area contributed by atoms with Crippen molar-refractivity contribution in [2.75, 3.05) is 5.73 Å². The molecule has 0 fully saturated rings. The van der Waals surface area contributed by atoms with E-state index >= 15 is 0 Å². The van der Waals surface area contributed by atoms with Crippen LogP contribution in [0.2, 0.25) is 0 Å². The molecule has 0 unspecified atom stereocenters. The molecule has 8 heteroatoms. The number of nitrogen functional groups attached to an aromatic ring is 1. The zero-order valence-corrected chi connectivity index (χ0v) is 13.0. The molecular weight excluding hydrogens is 340 g/mol. The minimum absolute atomic E-state index is 0.0159. The molecule has 0 aliphatic rings. The van der Waals surface area contributed by atoms with Crippen molar-refractivity contribution >= 4 is 33.6 Å². The SMILES string of the molecule is Cn1c(N)c(N=Cc2cc(Br)ccc2O)c(=O)n(C)c1=O. The van der Waals surface area contributed by atoms with Crippen molar-refractivity contribution < 1.29 is 5.11 Å². The summed E-state index contributed by atoms with van der Waals surface area (Å²) in [5.41, 5.74) is 4.99. The highest BCUT2D eigenvalue weighted by Crippen LogP contribution is 2.21. The van der Waals surface area contributed by atoms with Gasteiger partial charge in [-0.25, -0.2) is 9.79 Å². The molecule has 110 valence electrons. The van der Waals surface area contributed by atoms with Gasteiger partial charge in [0.15, 0.2) is 5.69 Å². The molecule has 1 heterocycles. The second-order valence-corrected chi connectivity index (χ2v) is 5.32. The third-order valence-corrected chi connectivity index (χ3v) is 3.50. The quantitative estimate of drug-likeness (QED) is 0.783. The summed E-state index contributed by atoms with van der Waals surface area (Å²) in [5.74, 6) is -0.0176. The first-order chi connectivity index (χ1) is 9.82. The van der Waals surface area contributed by atoms with E-state index in [0.717, 1.165) is 13.6 Å². The van der Waals surface area contributed by atoms with Gasteiger partial charge in [0.1, 0.15) is 11.6 Å². The number of aromatic hydroxyl groups is 1. The Balaban J connectivity index is 2.59. The molecule has 0 aliphatic carbocycles. The first kappa shape index (κ1) is 15.0. The molecule has 3 N–H and O–H groups in total. The number of phenolic OH excluding ortho intramolecular Hbond substituents is 1. The van der Waals surface area contributed by atoms with Gasteiger partial charge in [0, 0.05) is 30.3 Å². The topological polar surface area (TPSA) is 103 Å². The monoisotopic (exact) mass is 352 g/mol. The van der Waals surface area contributed by atoms with Crippen LogP contribution in [0.5, 0.6) is 5.75 Å². The number of aliphatic imine (C=N–C) groups is 1. The number of nitrogens with two attached hydrogens (primary N) is 1. The lowest BCUT2D eigenvalue weighted by Gasteiger charge is -2.08. The highest BCUT2D eigenvalue weighted by atomic mass is 79.9. The van der Waals surface area contributed by atoms with Crippen LogP contribution in [0.25, 0.3) is 0 Å². The van der Waals surface area contributed by atoms with Crippen molar-refractivity contribution in [2.45, 2.75) is 0 Å². The Morgan fingerprint density at radius 3 is 2.62 bits per heavy atom. The number of aromatic nitrogens is 2. The molecule has 0 radical (unpaired) electrons. The van der Waals surface area contributed by atoms with Gasteiger partial charge in [0.2, 0.25) is 0 Å². The summed E-state index contributed by atoms with van der Waals surface area (Å²) in [6.07, 6.45) is 1.32. The number of hydrogen-bond donors (Lipinski definition) is 2. The van der Waals surface area contributed by atoms with Gasteiger partial charge in [-0.1, -0.05) is 15.9 Å². The molecular formula is C13H13BrN4O3. The fourth-order valence-corrected chi connectivity index (χ4v) is 2.11. The Hall–Kier alpha value is -2.35. The second kappa shape index (κ2) is 5.57. The second-order valence-electron chi connectivity index (χ2n) is 4.40. The van der Waals surface area contributed by atoms with Crippen LogP contribution in [-0.2, 0) is 14.1 Å². The van der Waals surface area contributed by atoms with Crippen LogP contribution in [-0.4, -0.2) is 20.5 Å². The lowest BCUT2D eigenvalue weighted by atomic mass is 10.2. The minimum Gasteiger partial charge on any atom is -0.507 e. The van der Waals surface area contributed by atoms with Crippen LogP contribution >= 0.6 is 15.9 Å². The van der Waals surface area contributed by atoms with E-state index in [9.17, 15) is 14.7 Å². The third-order valence-electron chi connectivity index (χ3n) is 3.01. The summed E-state index contributed by atoms with van der Waals surface area (Å²) in [6, 6.07) is 4.81. The molecule has 0 aliphatic heterocycles. The molecule has 0 spiro atoms. The summed E-state index contributed by atoms with van der Waals surface area (Å²) >= 11 is 3.28. The highest BCUT2D eigenvalue weighted by Gasteiger charge is 2.12. The zero-order valence-electron chi connectivity index (χ0n) is 11.4. The van der Waals surface area contributed by atoms with Crippen LogP contribution in [0, 0.1) is 0 Å². The maximum absolute atomic E-state index is 12.0. The summed E-state index contributed by atoms with van der Waals surface area (Å²) < 4.78 is 2.81. The van der Waals surface area contributed by atoms with E-state index in [4.69, 9.17) is 5.73 Å². The molecule has 7 nitrogen and oxygen atoms in total. The van der Waals surface area contributed by atoms with Gasteiger partial charge in [-0.15, -0.1) is 0 Å². The van der Waals surface area contributed by atoms with Crippen molar-refractivity contribution in [2.24, 2.45) is 19.1 Å². The fourth-order valence-electron chi connectivity index (χ4n) is 1.73. The first-order valence-corrected chi connectivity index (χ1v) is 6.70. The van der Waals surface area contributed by atoms with Gasteiger partial charge in [-0.2, -0.15) is 0 Å². The number of hydrogen-bond acceptors (Lipinski definition) is 5. The standard InChI is InChI=1S/C13H13BrN4O3/c1-17-11(15)10(12(20)18(2)13(17)21)16-6-7-5-8(14)3-4-9(7)19/h3-6,19H,15H2,1-2H3. The Labute approximate surface area is 128 Å². The Bertz CT molecular complexity index is 852. The molecule has 0 amide bonds. The zero-order chi connectivity index (χ0) is 15.7. The Morgan fingerprint density at radius 2 is 1.95 bits per heavy atom. The predicted octanol–water partition coefficient (Wildman–Crippen LogP) is 0.885. The van der Waals surface area contributed by atoms with Gasteiger partial charge in [-0.05, 0) is 18.2 Å². The lowest BCUT2D eigenvalue weighted by molar-refractivity contribution is 0.474. The number of rotatable bonds is 2. The van der Waals surface area contributed by atoms with Crippen LogP contribution in [0.3, 0.4) is 0 Å². The minimum atomic E-state index is -0.596. The molecule has 1 aromatic heterocycles. The number of halogens is 1. The van der Waals surface area contributed by atoms with Crippen molar-refractivity contribution in [3.8, 4) is 5.75 Å². The predicted molar refractivity (Wildman–Crippen MR) is 84.4 cm³/mol. The molecule has 1 aromatic carbocycles. The largest absolute Gasteiger partial charge is 0.507 e. The molecule has 0 saturated carbocycles. The van der Waals surface area contributed by atoms with E-state index in [1.165, 1.54) is 26.4 Å². The summed E-state index contributed by atoms with van der Waals surface area (Å²) in [5, 5.41) is 9.72. The van der Waals surface area contributed by atoms with Crippen molar-refractivity contribution in [1.82, 2.24) is 9.13 Å². The van der Waals surface area contributed by atoms with Crippen LogP contribution < -0.4 is 17.0 Å². The molecule has 21 heavy (non-hydrogen) atoms. The first-order valence-electron chi connectivity index (χ1n) is 5.91. The van der Waals surface area contributed by atoms with E-state index in [2.05, 4.69) is 20.9 Å². The average Bonchev–Trinajstić information content (AvgIpc) is 2.46. The Kier molecular flexibility index (Phi) is 3.99.